The summed E-state index contributed by atoms with van der Waals surface area (Å²) in [5.41, 5.74) is 7.27. The van der Waals surface area contributed by atoms with Gasteiger partial charge in [0.1, 0.15) is 0 Å². The van der Waals surface area contributed by atoms with Crippen molar-refractivity contribution >= 4 is 11.9 Å². The SMILES string of the molecule is CCCC(N=C(N)NN)C(=O)O. The Morgan fingerprint density at radius 1 is 1.75 bits per heavy atom. The second-order valence-electron chi connectivity index (χ2n) is 2.30. The summed E-state index contributed by atoms with van der Waals surface area (Å²) in [6, 6.07) is -0.800. The second kappa shape index (κ2) is 5.36. The van der Waals surface area contributed by atoms with Crippen LogP contribution >= 0.6 is 0 Å². The molecule has 0 amide bonds. The van der Waals surface area contributed by atoms with E-state index in [0.29, 0.717) is 6.42 Å². The minimum Gasteiger partial charge on any atom is -0.480 e. The molecule has 1 unspecified atom stereocenters. The minimum atomic E-state index is -0.991. The molecule has 0 aromatic rings. The van der Waals surface area contributed by atoms with Crippen molar-refractivity contribution in [1.82, 2.24) is 5.43 Å². The Morgan fingerprint density at radius 2 is 2.33 bits per heavy atom. The first-order valence-corrected chi connectivity index (χ1v) is 3.64. The highest BCUT2D eigenvalue weighted by Crippen LogP contribution is 2.00. The van der Waals surface area contributed by atoms with Crippen LogP contribution in [0.2, 0.25) is 0 Å². The molecule has 0 aliphatic carbocycles. The predicted molar refractivity (Wildman–Crippen MR) is 45.3 cm³/mol. The molecule has 0 aromatic heterocycles. The standard InChI is InChI=1S/C6H14N4O2/c1-2-3-4(5(11)12)9-6(7)10-8/h4H,2-3,8H2,1H3,(H,11,12)(H3,7,9,10). The number of carbonyl (C=O) groups is 1. The lowest BCUT2D eigenvalue weighted by atomic mass is 10.2. The molecular formula is C6H14N4O2. The quantitative estimate of drug-likeness (QED) is 0.189. The van der Waals surface area contributed by atoms with Gasteiger partial charge in [-0.25, -0.2) is 15.6 Å². The predicted octanol–water partition coefficient (Wildman–Crippen LogP) is -0.982. The molecule has 0 spiro atoms. The molecule has 0 aromatic carbocycles. The first-order chi connectivity index (χ1) is 5.61. The van der Waals surface area contributed by atoms with Crippen molar-refractivity contribution in [2.45, 2.75) is 25.8 Å². The molecule has 0 saturated heterocycles. The third-order valence-electron chi connectivity index (χ3n) is 1.29. The maximum atomic E-state index is 10.5. The van der Waals surface area contributed by atoms with Crippen molar-refractivity contribution in [1.29, 1.82) is 0 Å². The molecule has 1 atom stereocenters. The first kappa shape index (κ1) is 10.7. The Balaban J connectivity index is 4.21. The van der Waals surface area contributed by atoms with Gasteiger partial charge in [-0.15, -0.1) is 0 Å². The first-order valence-electron chi connectivity index (χ1n) is 3.64. The van der Waals surface area contributed by atoms with E-state index in [0.717, 1.165) is 6.42 Å². The molecule has 0 rings (SSSR count). The van der Waals surface area contributed by atoms with Gasteiger partial charge in [-0.1, -0.05) is 13.3 Å². The molecule has 70 valence electrons. The Kier molecular flexibility index (Phi) is 4.78. The van der Waals surface area contributed by atoms with Crippen molar-refractivity contribution in [2.75, 3.05) is 0 Å². The van der Waals surface area contributed by atoms with E-state index in [4.69, 9.17) is 16.7 Å². The summed E-state index contributed by atoms with van der Waals surface area (Å²) in [6.45, 7) is 1.87. The van der Waals surface area contributed by atoms with Gasteiger partial charge in [0, 0.05) is 0 Å². The smallest absolute Gasteiger partial charge is 0.328 e. The van der Waals surface area contributed by atoms with Crippen LogP contribution in [0.5, 0.6) is 0 Å². The molecule has 0 aliphatic rings. The number of carboxylic acids is 1. The summed E-state index contributed by atoms with van der Waals surface area (Å²) >= 11 is 0. The highest BCUT2D eigenvalue weighted by atomic mass is 16.4. The van der Waals surface area contributed by atoms with Crippen molar-refractivity contribution in [3.8, 4) is 0 Å². The number of guanidine groups is 1. The van der Waals surface area contributed by atoms with Gasteiger partial charge in [-0.3, -0.25) is 5.43 Å². The van der Waals surface area contributed by atoms with Crippen LogP contribution in [-0.2, 0) is 4.79 Å². The highest BCUT2D eigenvalue weighted by molar-refractivity contribution is 5.82. The van der Waals surface area contributed by atoms with Crippen LogP contribution in [-0.4, -0.2) is 23.1 Å². The lowest BCUT2D eigenvalue weighted by molar-refractivity contribution is -0.138. The number of carboxylic acid groups (broad SMARTS) is 1. The number of aliphatic imine (C=N–C) groups is 1. The fourth-order valence-corrected chi connectivity index (χ4v) is 0.722. The number of nitrogens with zero attached hydrogens (tertiary/aromatic N) is 1. The molecule has 0 bridgehead atoms. The van der Waals surface area contributed by atoms with E-state index in [2.05, 4.69) is 10.4 Å². The molecular weight excluding hydrogens is 160 g/mol. The monoisotopic (exact) mass is 174 g/mol. The van der Waals surface area contributed by atoms with Crippen molar-refractivity contribution in [2.24, 2.45) is 16.6 Å². The third-order valence-corrected chi connectivity index (χ3v) is 1.29. The average Bonchev–Trinajstić information content (AvgIpc) is 2.03. The van der Waals surface area contributed by atoms with E-state index in [1.54, 1.807) is 0 Å². The van der Waals surface area contributed by atoms with Gasteiger partial charge >= 0.3 is 5.97 Å². The number of hydrazine groups is 1. The molecule has 6 N–H and O–H groups in total. The van der Waals surface area contributed by atoms with Gasteiger partial charge < -0.3 is 10.8 Å². The highest BCUT2D eigenvalue weighted by Gasteiger charge is 2.14. The Morgan fingerprint density at radius 3 is 2.67 bits per heavy atom. The molecule has 0 heterocycles. The summed E-state index contributed by atoms with van der Waals surface area (Å²) < 4.78 is 0. The van der Waals surface area contributed by atoms with Crippen molar-refractivity contribution < 1.29 is 9.90 Å². The van der Waals surface area contributed by atoms with Crippen LogP contribution in [0.4, 0.5) is 0 Å². The summed E-state index contributed by atoms with van der Waals surface area (Å²) in [7, 11) is 0. The van der Waals surface area contributed by atoms with Gasteiger partial charge in [0.25, 0.3) is 0 Å². The fraction of sp³-hybridized carbons (Fsp3) is 0.667. The number of aliphatic carboxylic acids is 1. The largest absolute Gasteiger partial charge is 0.480 e. The summed E-state index contributed by atoms with van der Waals surface area (Å²) in [5.74, 6) is 3.87. The lowest BCUT2D eigenvalue weighted by Crippen LogP contribution is -2.39. The van der Waals surface area contributed by atoms with E-state index in [9.17, 15) is 4.79 Å². The van der Waals surface area contributed by atoms with E-state index >= 15 is 0 Å². The van der Waals surface area contributed by atoms with Crippen LogP contribution in [0, 0.1) is 0 Å². The third kappa shape index (κ3) is 3.77. The van der Waals surface area contributed by atoms with Crippen LogP contribution < -0.4 is 17.0 Å². The van der Waals surface area contributed by atoms with Gasteiger partial charge in [0.15, 0.2) is 6.04 Å². The van der Waals surface area contributed by atoms with E-state index in [-0.39, 0.29) is 5.96 Å². The summed E-state index contributed by atoms with van der Waals surface area (Å²) in [4.78, 5) is 14.2. The van der Waals surface area contributed by atoms with Crippen LogP contribution in [0.25, 0.3) is 0 Å². The second-order valence-corrected chi connectivity index (χ2v) is 2.30. The number of hydrogen-bond donors (Lipinski definition) is 4. The zero-order valence-corrected chi connectivity index (χ0v) is 6.95. The van der Waals surface area contributed by atoms with Gasteiger partial charge in [-0.2, -0.15) is 0 Å². The zero-order chi connectivity index (χ0) is 9.56. The molecule has 0 aliphatic heterocycles. The number of nitrogens with one attached hydrogen (secondary N) is 1. The topological polar surface area (TPSA) is 114 Å². The molecule has 6 heteroatoms. The molecule has 0 fully saturated rings. The fourth-order valence-electron chi connectivity index (χ4n) is 0.722. The molecule has 12 heavy (non-hydrogen) atoms. The normalized spacial score (nSPS) is 14.0. The number of nitrogens with two attached hydrogens (primary N) is 2. The maximum absolute atomic E-state index is 10.5. The van der Waals surface area contributed by atoms with Gasteiger partial charge in [0.05, 0.1) is 0 Å². The van der Waals surface area contributed by atoms with E-state index in [1.165, 1.54) is 0 Å². The number of hydrogen-bond acceptors (Lipinski definition) is 3. The Bertz CT molecular complexity index is 180. The summed E-state index contributed by atoms with van der Waals surface area (Å²) in [5, 5.41) is 8.62. The van der Waals surface area contributed by atoms with Crippen LogP contribution in [0.15, 0.2) is 4.99 Å². The average molecular weight is 174 g/mol. The lowest BCUT2D eigenvalue weighted by Gasteiger charge is -2.06. The van der Waals surface area contributed by atoms with E-state index in [1.807, 2.05) is 6.92 Å². The maximum Gasteiger partial charge on any atom is 0.328 e. The van der Waals surface area contributed by atoms with Gasteiger partial charge in [0.2, 0.25) is 5.96 Å². The minimum absolute atomic E-state index is 0.0594. The molecule has 0 radical (unpaired) electrons. The Hall–Kier alpha value is -1.30. The Labute approximate surface area is 70.6 Å². The van der Waals surface area contributed by atoms with Gasteiger partial charge in [-0.05, 0) is 6.42 Å². The van der Waals surface area contributed by atoms with E-state index < -0.39 is 12.0 Å². The van der Waals surface area contributed by atoms with Crippen molar-refractivity contribution in [3.05, 3.63) is 0 Å². The van der Waals surface area contributed by atoms with Crippen LogP contribution in [0.1, 0.15) is 19.8 Å². The van der Waals surface area contributed by atoms with Crippen LogP contribution in [0.3, 0.4) is 0 Å². The molecule has 6 nitrogen and oxygen atoms in total. The zero-order valence-electron chi connectivity index (χ0n) is 6.95. The number of rotatable bonds is 4. The summed E-state index contributed by atoms with van der Waals surface area (Å²) in [6.07, 6.45) is 1.19. The molecule has 0 saturated carbocycles. The van der Waals surface area contributed by atoms with Crippen molar-refractivity contribution in [3.63, 3.8) is 0 Å².